The Morgan fingerprint density at radius 3 is 1.92 bits per heavy atom. The standard InChI is InChI=1S/C8H18O3S.K/c1-2-3-4-5-6-7-8-12(9,10)11;/h2-8H2,1H3,(H,9,10,11);. The molecule has 0 saturated carbocycles. The van der Waals surface area contributed by atoms with E-state index >= 15 is 0 Å². The first-order valence-corrected chi connectivity index (χ1v) is 6.12. The minimum Gasteiger partial charge on any atom is -0.286 e. The zero-order valence-electron chi connectivity index (χ0n) is 8.62. The largest absolute Gasteiger partial charge is 0.286 e. The van der Waals surface area contributed by atoms with Gasteiger partial charge in [0.1, 0.15) is 0 Å². The minimum absolute atomic E-state index is 0. The van der Waals surface area contributed by atoms with Gasteiger partial charge in [-0.15, -0.1) is 0 Å². The summed E-state index contributed by atoms with van der Waals surface area (Å²) in [6.07, 6.45) is 6.14. The van der Waals surface area contributed by atoms with E-state index in [9.17, 15) is 8.42 Å². The Morgan fingerprint density at radius 1 is 1.00 bits per heavy atom. The van der Waals surface area contributed by atoms with Crippen molar-refractivity contribution >= 4 is 61.5 Å². The Kier molecular flexibility index (Phi) is 13.1. The molecule has 0 aliphatic carbocycles. The van der Waals surface area contributed by atoms with Crippen LogP contribution >= 0.6 is 0 Å². The van der Waals surface area contributed by atoms with Crippen molar-refractivity contribution in [1.82, 2.24) is 0 Å². The van der Waals surface area contributed by atoms with Crippen molar-refractivity contribution in [2.75, 3.05) is 5.75 Å². The van der Waals surface area contributed by atoms with E-state index in [0.29, 0.717) is 6.42 Å². The molecule has 0 fully saturated rings. The number of hydrogen-bond acceptors (Lipinski definition) is 2. The Balaban J connectivity index is 0. The van der Waals surface area contributed by atoms with Gasteiger partial charge < -0.3 is 0 Å². The van der Waals surface area contributed by atoms with Crippen LogP contribution in [0.4, 0.5) is 0 Å². The van der Waals surface area contributed by atoms with Gasteiger partial charge in [0.15, 0.2) is 0 Å². The van der Waals surface area contributed by atoms with Gasteiger partial charge in [0.05, 0.1) is 5.75 Å². The molecule has 0 aliphatic heterocycles. The zero-order chi connectivity index (χ0) is 9.45. The summed E-state index contributed by atoms with van der Waals surface area (Å²) in [6, 6.07) is 0. The van der Waals surface area contributed by atoms with Gasteiger partial charge in [-0.1, -0.05) is 39.0 Å². The van der Waals surface area contributed by atoms with Crippen LogP contribution in [-0.4, -0.2) is 70.1 Å². The maximum atomic E-state index is 10.3. The van der Waals surface area contributed by atoms with Crippen LogP contribution in [0.3, 0.4) is 0 Å². The molecule has 1 N–H and O–H groups in total. The smallest absolute Gasteiger partial charge is 0.264 e. The molecule has 0 aromatic rings. The Bertz CT molecular complexity index is 190. The van der Waals surface area contributed by atoms with Crippen LogP contribution in [0, 0.1) is 0 Å². The van der Waals surface area contributed by atoms with Crippen LogP contribution in [0.15, 0.2) is 0 Å². The van der Waals surface area contributed by atoms with Gasteiger partial charge >= 0.3 is 0 Å². The monoisotopic (exact) mass is 233 g/mol. The molecule has 0 amide bonds. The summed E-state index contributed by atoms with van der Waals surface area (Å²) in [5.74, 6) is -0.0842. The van der Waals surface area contributed by atoms with Crippen LogP contribution in [-0.2, 0) is 10.1 Å². The summed E-state index contributed by atoms with van der Waals surface area (Å²) in [5, 5.41) is 0. The van der Waals surface area contributed by atoms with E-state index in [1.807, 2.05) is 0 Å². The molecular weight excluding hydrogens is 215 g/mol. The van der Waals surface area contributed by atoms with Gasteiger partial charge in [-0.05, 0) is 6.42 Å². The van der Waals surface area contributed by atoms with E-state index in [1.165, 1.54) is 19.3 Å². The molecule has 75 valence electrons. The quantitative estimate of drug-likeness (QED) is 0.415. The van der Waals surface area contributed by atoms with E-state index in [2.05, 4.69) is 6.92 Å². The molecule has 0 heterocycles. The van der Waals surface area contributed by atoms with E-state index in [0.717, 1.165) is 12.8 Å². The fraction of sp³-hybridized carbons (Fsp3) is 1.00. The Labute approximate surface area is 124 Å². The van der Waals surface area contributed by atoms with Crippen LogP contribution in [0.2, 0.25) is 0 Å². The van der Waals surface area contributed by atoms with Crippen LogP contribution in [0.25, 0.3) is 0 Å². The van der Waals surface area contributed by atoms with Crippen molar-refractivity contribution < 1.29 is 13.0 Å². The van der Waals surface area contributed by atoms with Gasteiger partial charge in [0, 0.05) is 51.4 Å². The first-order valence-electron chi connectivity index (χ1n) is 4.51. The Morgan fingerprint density at radius 2 is 1.46 bits per heavy atom. The predicted molar refractivity (Wildman–Crippen MR) is 55.5 cm³/mol. The van der Waals surface area contributed by atoms with Crippen molar-refractivity contribution in [3.8, 4) is 0 Å². The van der Waals surface area contributed by atoms with Crippen molar-refractivity contribution in [2.24, 2.45) is 0 Å². The van der Waals surface area contributed by atoms with Gasteiger partial charge in [-0.2, -0.15) is 8.42 Å². The second-order valence-corrected chi connectivity index (χ2v) is 4.63. The second-order valence-electron chi connectivity index (χ2n) is 3.05. The summed E-state index contributed by atoms with van der Waals surface area (Å²) in [4.78, 5) is 0. The summed E-state index contributed by atoms with van der Waals surface area (Å²) >= 11 is 0. The summed E-state index contributed by atoms with van der Waals surface area (Å²) in [7, 11) is -3.72. The predicted octanol–water partition coefficient (Wildman–Crippen LogP) is 1.85. The molecule has 0 spiro atoms. The first kappa shape index (κ1) is 17.0. The molecule has 0 aromatic carbocycles. The Hall–Kier alpha value is 1.55. The maximum absolute atomic E-state index is 10.3. The molecule has 0 atom stereocenters. The zero-order valence-corrected chi connectivity index (χ0v) is 12.6. The molecule has 0 aliphatic rings. The van der Waals surface area contributed by atoms with Crippen molar-refractivity contribution in [3.63, 3.8) is 0 Å². The van der Waals surface area contributed by atoms with Gasteiger partial charge in [0.25, 0.3) is 10.1 Å². The van der Waals surface area contributed by atoms with Crippen molar-refractivity contribution in [3.05, 3.63) is 0 Å². The van der Waals surface area contributed by atoms with Gasteiger partial charge in [-0.25, -0.2) is 0 Å². The van der Waals surface area contributed by atoms with Crippen molar-refractivity contribution in [2.45, 2.75) is 45.4 Å². The summed E-state index contributed by atoms with van der Waals surface area (Å²) < 4.78 is 28.9. The molecule has 13 heavy (non-hydrogen) atoms. The molecule has 0 aromatic heterocycles. The minimum atomic E-state index is -3.72. The van der Waals surface area contributed by atoms with Crippen molar-refractivity contribution in [1.29, 1.82) is 0 Å². The van der Waals surface area contributed by atoms with E-state index in [1.54, 1.807) is 0 Å². The fourth-order valence-electron chi connectivity index (χ4n) is 1.06. The summed E-state index contributed by atoms with van der Waals surface area (Å²) in [5.41, 5.74) is 0. The number of rotatable bonds is 7. The van der Waals surface area contributed by atoms with E-state index < -0.39 is 10.1 Å². The molecule has 0 rings (SSSR count). The van der Waals surface area contributed by atoms with Crippen LogP contribution in [0.1, 0.15) is 45.4 Å². The molecule has 3 nitrogen and oxygen atoms in total. The van der Waals surface area contributed by atoms with E-state index in [4.69, 9.17) is 4.55 Å². The SMILES string of the molecule is CCCCCCCCS(=O)(=O)O.[K]. The molecule has 1 radical (unpaired) electrons. The first-order chi connectivity index (χ1) is 5.56. The summed E-state index contributed by atoms with van der Waals surface area (Å²) in [6.45, 7) is 2.14. The third-order valence-corrected chi connectivity index (χ3v) is 2.56. The molecule has 0 unspecified atom stereocenters. The average Bonchev–Trinajstić information content (AvgIpc) is 1.94. The maximum Gasteiger partial charge on any atom is 0.264 e. The third-order valence-electron chi connectivity index (χ3n) is 1.76. The fourth-order valence-corrected chi connectivity index (χ4v) is 1.63. The number of unbranched alkanes of at least 4 members (excludes halogenated alkanes) is 5. The van der Waals surface area contributed by atoms with Crippen LogP contribution in [0.5, 0.6) is 0 Å². The van der Waals surface area contributed by atoms with E-state index in [-0.39, 0.29) is 57.1 Å². The average molecular weight is 233 g/mol. The molecule has 0 bridgehead atoms. The molecular formula is C8H18KO3S. The molecule has 5 heteroatoms. The van der Waals surface area contributed by atoms with Gasteiger partial charge in [0.2, 0.25) is 0 Å². The molecule has 0 saturated heterocycles. The normalized spacial score (nSPS) is 10.9. The van der Waals surface area contributed by atoms with Gasteiger partial charge in [-0.3, -0.25) is 4.55 Å². The topological polar surface area (TPSA) is 54.4 Å². The third kappa shape index (κ3) is 16.2. The number of hydrogen-bond donors (Lipinski definition) is 1. The second kappa shape index (κ2) is 10.1. The van der Waals surface area contributed by atoms with Crippen LogP contribution < -0.4 is 0 Å².